The molecule has 12 aliphatic rings. The van der Waals surface area contributed by atoms with Gasteiger partial charge in [0, 0.05) is 74.7 Å². The monoisotopic (exact) mass is 1040 g/mol. The van der Waals surface area contributed by atoms with Gasteiger partial charge >= 0.3 is 0 Å². The first-order valence-electron chi connectivity index (χ1n) is 30.2. The normalized spacial score (nSPS) is 47.0. The molecule has 0 aromatic heterocycles. The van der Waals surface area contributed by atoms with Crippen molar-refractivity contribution in [1.82, 2.24) is 9.80 Å². The maximum Gasteiger partial charge on any atom is 0.155 e. The van der Waals surface area contributed by atoms with E-state index in [1.807, 2.05) is 13.0 Å². The zero-order chi connectivity index (χ0) is 51.9. The zero-order valence-corrected chi connectivity index (χ0v) is 48.7. The number of likely N-dealkylation sites (tertiary alicyclic amines) is 2. The standard InChI is InChI=1S/C30H46ClNO2.C30H44ClNO2.C4H8O/c2*1-18-13-27-28(32(17-18)12-11-31)20(3)30(34-27)10-8-23-24-6-5-21-14-22(33)7-9-29(21,4)26(24)15-25(23)19(2)16-30;1-3-4(2)5/h5,18,20,22-24,26-28,33H,6-17H2,1-4H3;14,18,20,23-24,26-28H,5-13,15-17H2,1-4H3;3H2,1-2H3/t18-,20+,22-,23-,24-,26-,27+,28-,29-,30-;18-,20+,23-,24-,26-,27+,28-,29-,30-;/m00./s1. The van der Waals surface area contributed by atoms with Gasteiger partial charge in [-0.1, -0.05) is 88.0 Å². The molecule has 19 atom stereocenters. The molecule has 0 unspecified atom stereocenters. The molecule has 7 nitrogen and oxygen atoms in total. The number of Topliss-reactive ketones (excluding diaryl/α,β-unsaturated/α-hetero) is 1. The Bertz CT molecular complexity index is 2220. The Morgan fingerprint density at radius 3 is 1.74 bits per heavy atom. The summed E-state index contributed by atoms with van der Waals surface area (Å²) in [7, 11) is 0. The molecule has 0 radical (unpaired) electrons. The second-order valence-corrected chi connectivity index (χ2v) is 28.4. The smallest absolute Gasteiger partial charge is 0.155 e. The number of carbonyl (C=O) groups is 2. The number of aliphatic hydroxyl groups is 1. The van der Waals surface area contributed by atoms with Gasteiger partial charge in [-0.2, -0.15) is 0 Å². The maximum atomic E-state index is 12.2. The van der Waals surface area contributed by atoms with E-state index in [4.69, 9.17) is 32.7 Å². The van der Waals surface area contributed by atoms with Crippen molar-refractivity contribution >= 4 is 34.8 Å². The first-order valence-corrected chi connectivity index (χ1v) is 31.3. The molecular weight excluding hydrogens is 948 g/mol. The lowest BCUT2D eigenvalue weighted by molar-refractivity contribution is -0.117. The SMILES string of the molecule is CC1=C2C[C@H]3[C@@H](CC=C4C[C@@H](O)CC[C@@]43C)[C@@H]2CC[C@@]2(C1)O[C@@H]1C[C@H](C)CN(CCCl)[C@H]1[C@H]2C.CC1=C2C[C@H]3[C@@H](CCC4=CC(=O)CC[C@@]43C)[C@@H]2CC[C@@]2(C1)O[C@@H]1C[C@H](C)CN(CCCl)[C@H]1[C@H]2C.CCC(C)=O. The van der Waals surface area contributed by atoms with Gasteiger partial charge in [-0.3, -0.25) is 14.6 Å². The van der Waals surface area contributed by atoms with Gasteiger partial charge in [-0.05, 0) is 194 Å². The van der Waals surface area contributed by atoms with Crippen LogP contribution in [-0.2, 0) is 19.1 Å². The molecule has 408 valence electrons. The summed E-state index contributed by atoms with van der Waals surface area (Å²) in [6, 6.07) is 1.06. The maximum absolute atomic E-state index is 12.2. The van der Waals surface area contributed by atoms with E-state index in [1.54, 1.807) is 34.8 Å². The van der Waals surface area contributed by atoms with Crippen molar-refractivity contribution in [3.63, 3.8) is 0 Å². The van der Waals surface area contributed by atoms with E-state index < -0.39 is 0 Å². The Labute approximate surface area is 452 Å². The number of allylic oxidation sites excluding steroid dienone is 5. The number of nitrogens with zero attached hydrogens (tertiary/aromatic N) is 2. The third-order valence-electron chi connectivity index (χ3n) is 23.7. The van der Waals surface area contributed by atoms with Crippen LogP contribution in [0, 0.1) is 70.0 Å². The lowest BCUT2D eigenvalue weighted by atomic mass is 9.56. The van der Waals surface area contributed by atoms with Crippen LogP contribution < -0.4 is 0 Å². The predicted molar refractivity (Wildman–Crippen MR) is 298 cm³/mol. The number of ketones is 2. The molecule has 8 aliphatic carbocycles. The van der Waals surface area contributed by atoms with Gasteiger partial charge in [0.2, 0.25) is 0 Å². The number of ether oxygens (including phenoxy) is 2. The Balaban J connectivity index is 0.000000153. The van der Waals surface area contributed by atoms with Gasteiger partial charge in [0.15, 0.2) is 5.78 Å². The van der Waals surface area contributed by atoms with Crippen molar-refractivity contribution in [1.29, 1.82) is 0 Å². The van der Waals surface area contributed by atoms with E-state index >= 15 is 0 Å². The van der Waals surface area contributed by atoms with Gasteiger partial charge in [0.05, 0.1) is 29.5 Å². The van der Waals surface area contributed by atoms with Crippen LogP contribution in [0.1, 0.15) is 191 Å². The van der Waals surface area contributed by atoms with Crippen LogP contribution in [-0.4, -0.2) is 106 Å². The first kappa shape index (κ1) is 55.0. The summed E-state index contributed by atoms with van der Waals surface area (Å²) >= 11 is 12.5. The molecule has 0 bridgehead atoms. The highest BCUT2D eigenvalue weighted by Gasteiger charge is 2.61. The summed E-state index contributed by atoms with van der Waals surface area (Å²) in [5.41, 5.74) is 10.5. The van der Waals surface area contributed by atoms with Crippen LogP contribution >= 0.6 is 23.2 Å². The summed E-state index contributed by atoms with van der Waals surface area (Å²) in [5, 5.41) is 10.3. The van der Waals surface area contributed by atoms with E-state index in [0.717, 1.165) is 99.4 Å². The molecular formula is C64H98Cl2N2O5. The number of rotatable bonds is 5. The van der Waals surface area contributed by atoms with E-state index in [9.17, 15) is 14.7 Å². The number of aliphatic hydroxyl groups excluding tert-OH is 1. The summed E-state index contributed by atoms with van der Waals surface area (Å²) in [6.07, 6.45) is 26.6. The molecule has 0 amide bonds. The lowest BCUT2D eigenvalue weighted by Gasteiger charge is -2.49. The molecule has 4 aliphatic heterocycles. The molecule has 4 saturated heterocycles. The van der Waals surface area contributed by atoms with Crippen molar-refractivity contribution in [2.75, 3.05) is 37.9 Å². The van der Waals surface area contributed by atoms with Crippen molar-refractivity contribution < 1.29 is 24.2 Å². The molecule has 0 aromatic carbocycles. The zero-order valence-electron chi connectivity index (χ0n) is 47.2. The largest absolute Gasteiger partial charge is 0.393 e. The number of hydrogen-bond donors (Lipinski definition) is 1. The minimum absolute atomic E-state index is 0.00175. The Kier molecular flexibility index (Phi) is 16.1. The fraction of sp³-hybridized carbons (Fsp3) is 0.844. The highest BCUT2D eigenvalue weighted by atomic mass is 35.5. The second-order valence-electron chi connectivity index (χ2n) is 27.7. The van der Waals surface area contributed by atoms with Gasteiger partial charge in [0.1, 0.15) is 5.78 Å². The Morgan fingerprint density at radius 2 is 1.22 bits per heavy atom. The summed E-state index contributed by atoms with van der Waals surface area (Å²) in [5.74, 6) is 9.10. The van der Waals surface area contributed by atoms with Gasteiger partial charge in [0.25, 0.3) is 0 Å². The Hall–Kier alpha value is -1.32. The topological polar surface area (TPSA) is 79.3 Å². The first-order chi connectivity index (χ1) is 34.8. The van der Waals surface area contributed by atoms with E-state index in [1.165, 1.54) is 89.3 Å². The fourth-order valence-corrected chi connectivity index (χ4v) is 20.3. The predicted octanol–water partition coefficient (Wildman–Crippen LogP) is 13.9. The van der Waals surface area contributed by atoms with Crippen LogP contribution in [0.5, 0.6) is 0 Å². The quantitative estimate of drug-likeness (QED) is 0.217. The number of carbonyl (C=O) groups excluding carboxylic acids is 2. The highest BCUT2D eigenvalue weighted by molar-refractivity contribution is 6.18. The summed E-state index contributed by atoms with van der Waals surface area (Å²) < 4.78 is 14.3. The minimum Gasteiger partial charge on any atom is -0.393 e. The number of fused-ring (bicyclic) bond motifs is 12. The number of piperidine rings is 2. The summed E-state index contributed by atoms with van der Waals surface area (Å²) in [6.45, 7) is 27.4. The highest BCUT2D eigenvalue weighted by Crippen LogP contribution is 2.66. The molecule has 0 aromatic rings. The second kappa shape index (κ2) is 21.4. The third kappa shape index (κ3) is 9.78. The number of halogens is 2. The molecule has 4 heterocycles. The summed E-state index contributed by atoms with van der Waals surface area (Å²) in [4.78, 5) is 27.3. The lowest BCUT2D eigenvalue weighted by Crippen LogP contribution is -2.52. The van der Waals surface area contributed by atoms with Crippen LogP contribution in [0.3, 0.4) is 0 Å². The van der Waals surface area contributed by atoms with Gasteiger partial charge in [-0.15, -0.1) is 23.2 Å². The Morgan fingerprint density at radius 1 is 0.712 bits per heavy atom. The number of hydrogen-bond acceptors (Lipinski definition) is 7. The number of alkyl halides is 2. The minimum atomic E-state index is -0.116. The molecule has 73 heavy (non-hydrogen) atoms. The van der Waals surface area contributed by atoms with Crippen molar-refractivity contribution in [3.05, 3.63) is 45.6 Å². The third-order valence-corrected chi connectivity index (χ3v) is 24.0. The van der Waals surface area contributed by atoms with Crippen molar-refractivity contribution in [3.8, 4) is 0 Å². The van der Waals surface area contributed by atoms with E-state index in [-0.39, 0.29) is 28.5 Å². The fourth-order valence-electron chi connectivity index (χ4n) is 19.8. The molecule has 9 heteroatoms. The van der Waals surface area contributed by atoms with Gasteiger partial charge in [-0.25, -0.2) is 0 Å². The van der Waals surface area contributed by atoms with Crippen LogP contribution in [0.15, 0.2) is 45.6 Å². The molecule has 1 N–H and O–H groups in total. The molecule has 8 fully saturated rings. The average Bonchev–Trinajstić information content (AvgIpc) is 4.02. The molecule has 12 rings (SSSR count). The molecule has 2 spiro atoms. The van der Waals surface area contributed by atoms with Crippen LogP contribution in [0.25, 0.3) is 0 Å². The van der Waals surface area contributed by atoms with E-state index in [2.05, 4.69) is 71.3 Å². The molecule has 4 saturated carbocycles. The van der Waals surface area contributed by atoms with Crippen molar-refractivity contribution in [2.45, 2.75) is 233 Å². The van der Waals surface area contributed by atoms with Crippen LogP contribution in [0.4, 0.5) is 0 Å². The van der Waals surface area contributed by atoms with Crippen molar-refractivity contribution in [2.24, 2.45) is 70.0 Å². The van der Waals surface area contributed by atoms with Crippen LogP contribution in [0.2, 0.25) is 0 Å². The van der Waals surface area contributed by atoms with Gasteiger partial charge < -0.3 is 19.4 Å². The average molecular weight is 1050 g/mol. The van der Waals surface area contributed by atoms with E-state index in [0.29, 0.717) is 71.5 Å².